The van der Waals surface area contributed by atoms with Crippen molar-refractivity contribution in [3.05, 3.63) is 70.2 Å². The standard InChI is InChI=1S/C35H47ClN4O4S/c36-28-14-11-25(12-15-28)23-31(38-33(41)30-16-13-26-7-4-5-10-29(26)32(30)37)34(42)39-20-17-35(18-21-39,27-8-2-1-3-9-27)24-40-19-6-22-45(40,43)44/h4-5,7,10-12,14-15,27,30-32H,1-3,6,8-9,13,16-24,37H2,(H,38,41)/t30-,31+,32+/m0/s1. The Hall–Kier alpha value is -2.46. The van der Waals surface area contributed by atoms with Crippen LogP contribution < -0.4 is 11.1 Å². The van der Waals surface area contributed by atoms with Gasteiger partial charge in [-0.25, -0.2) is 12.7 Å². The molecule has 2 saturated heterocycles. The fourth-order valence-corrected chi connectivity index (χ4v) is 10.2. The van der Waals surface area contributed by atoms with Crippen molar-refractivity contribution in [2.75, 3.05) is 31.9 Å². The highest BCUT2D eigenvalue weighted by Gasteiger charge is 2.47. The molecule has 2 aromatic carbocycles. The fraction of sp³-hybridized carbons (Fsp3) is 0.600. The second-order valence-corrected chi connectivity index (χ2v) is 16.3. The predicted octanol–water partition coefficient (Wildman–Crippen LogP) is 4.85. The summed E-state index contributed by atoms with van der Waals surface area (Å²) in [4.78, 5) is 29.9. The molecule has 1 saturated carbocycles. The lowest BCUT2D eigenvalue weighted by Crippen LogP contribution is -2.56. The van der Waals surface area contributed by atoms with Crippen molar-refractivity contribution in [2.45, 2.75) is 82.7 Å². The van der Waals surface area contributed by atoms with Crippen molar-refractivity contribution in [2.24, 2.45) is 23.0 Å². The van der Waals surface area contributed by atoms with E-state index < -0.39 is 28.0 Å². The molecule has 8 nitrogen and oxygen atoms in total. The molecule has 6 rings (SSSR count). The second kappa shape index (κ2) is 13.7. The number of sulfonamides is 1. The summed E-state index contributed by atoms with van der Waals surface area (Å²) in [5, 5.41) is 3.75. The SMILES string of the molecule is N[C@@H]1c2ccccc2CC[C@@H]1C(=O)N[C@H](Cc1ccc(Cl)cc1)C(=O)N1CCC(CN2CCCS2(=O)=O)(C2CCCCC2)CC1. The van der Waals surface area contributed by atoms with Gasteiger partial charge in [0.15, 0.2) is 0 Å². The van der Waals surface area contributed by atoms with Gasteiger partial charge in [-0.05, 0) is 85.1 Å². The van der Waals surface area contributed by atoms with Gasteiger partial charge in [0.05, 0.1) is 11.7 Å². The molecule has 244 valence electrons. The molecular weight excluding hydrogens is 608 g/mol. The van der Waals surface area contributed by atoms with Gasteiger partial charge in [0, 0.05) is 43.7 Å². The summed E-state index contributed by atoms with van der Waals surface area (Å²) in [6.07, 6.45) is 9.88. The van der Waals surface area contributed by atoms with E-state index in [0.29, 0.717) is 56.4 Å². The van der Waals surface area contributed by atoms with Crippen molar-refractivity contribution >= 4 is 33.4 Å². The molecule has 10 heteroatoms. The lowest BCUT2D eigenvalue weighted by Gasteiger charge is -2.49. The first kappa shape index (κ1) is 32.5. The van der Waals surface area contributed by atoms with Crippen LogP contribution in [0, 0.1) is 17.3 Å². The number of fused-ring (bicyclic) bond motifs is 1. The summed E-state index contributed by atoms with van der Waals surface area (Å²) in [6.45, 7) is 2.29. The third kappa shape index (κ3) is 7.11. The summed E-state index contributed by atoms with van der Waals surface area (Å²) in [7, 11) is -3.21. The van der Waals surface area contributed by atoms with Gasteiger partial charge in [-0.2, -0.15) is 0 Å². The van der Waals surface area contributed by atoms with E-state index in [9.17, 15) is 18.0 Å². The number of piperidine rings is 1. The molecule has 0 unspecified atom stereocenters. The Morgan fingerprint density at radius 3 is 2.36 bits per heavy atom. The number of rotatable bonds is 8. The molecule has 0 radical (unpaired) electrons. The normalized spacial score (nSPS) is 25.8. The zero-order chi connectivity index (χ0) is 31.6. The lowest BCUT2D eigenvalue weighted by atomic mass is 9.63. The van der Waals surface area contributed by atoms with Crippen LogP contribution >= 0.6 is 11.6 Å². The van der Waals surface area contributed by atoms with Crippen LogP contribution in [0.4, 0.5) is 0 Å². The number of halogens is 1. The van der Waals surface area contributed by atoms with Crippen LogP contribution in [0.2, 0.25) is 5.02 Å². The molecule has 2 aliphatic carbocycles. The summed E-state index contributed by atoms with van der Waals surface area (Å²) >= 11 is 6.14. The van der Waals surface area contributed by atoms with Crippen LogP contribution in [-0.2, 0) is 32.5 Å². The number of nitrogens with zero attached hydrogens (tertiary/aromatic N) is 2. The van der Waals surface area contributed by atoms with E-state index in [-0.39, 0.29) is 23.0 Å². The van der Waals surface area contributed by atoms with Crippen molar-refractivity contribution < 1.29 is 18.0 Å². The van der Waals surface area contributed by atoms with E-state index in [1.54, 1.807) is 16.4 Å². The Bertz CT molecular complexity index is 1470. The molecule has 2 aromatic rings. The van der Waals surface area contributed by atoms with Gasteiger partial charge in [-0.1, -0.05) is 67.3 Å². The number of carbonyl (C=O) groups is 2. The monoisotopic (exact) mass is 654 g/mol. The third-order valence-electron chi connectivity index (χ3n) is 11.1. The number of benzene rings is 2. The van der Waals surface area contributed by atoms with E-state index in [1.807, 2.05) is 35.2 Å². The Kier molecular flexibility index (Phi) is 9.90. The molecule has 3 N–H and O–H groups in total. The first-order valence-corrected chi connectivity index (χ1v) is 18.8. The van der Waals surface area contributed by atoms with Crippen LogP contribution in [-0.4, -0.2) is 67.4 Å². The number of hydrogen-bond donors (Lipinski definition) is 2. The molecule has 3 atom stereocenters. The first-order chi connectivity index (χ1) is 21.6. The topological polar surface area (TPSA) is 113 Å². The molecule has 3 fully saturated rings. The van der Waals surface area contributed by atoms with Crippen LogP contribution in [0.1, 0.15) is 80.5 Å². The molecule has 0 bridgehead atoms. The lowest BCUT2D eigenvalue weighted by molar-refractivity contribution is -0.140. The van der Waals surface area contributed by atoms with Gasteiger partial charge in [-0.15, -0.1) is 0 Å². The molecule has 0 aromatic heterocycles. The van der Waals surface area contributed by atoms with E-state index in [0.717, 1.165) is 43.2 Å². The van der Waals surface area contributed by atoms with Gasteiger partial charge >= 0.3 is 0 Å². The molecular formula is C35H47ClN4O4S. The number of carbonyl (C=O) groups excluding carboxylic acids is 2. The summed E-state index contributed by atoms with van der Waals surface area (Å²) in [5.74, 6) is 0.0228. The molecule has 0 spiro atoms. The Balaban J connectivity index is 1.19. The highest BCUT2D eigenvalue weighted by Crippen LogP contribution is 2.47. The number of hydrogen-bond acceptors (Lipinski definition) is 5. The van der Waals surface area contributed by atoms with Crippen molar-refractivity contribution in [3.8, 4) is 0 Å². The zero-order valence-electron chi connectivity index (χ0n) is 26.1. The van der Waals surface area contributed by atoms with Gasteiger partial charge < -0.3 is 16.0 Å². The quantitative estimate of drug-likeness (QED) is 0.423. The predicted molar refractivity (Wildman–Crippen MR) is 177 cm³/mol. The highest BCUT2D eigenvalue weighted by atomic mass is 35.5. The third-order valence-corrected chi connectivity index (χ3v) is 13.3. The van der Waals surface area contributed by atoms with Crippen molar-refractivity contribution in [3.63, 3.8) is 0 Å². The number of likely N-dealkylation sites (tertiary alicyclic amines) is 1. The smallest absolute Gasteiger partial charge is 0.245 e. The Morgan fingerprint density at radius 2 is 1.67 bits per heavy atom. The number of nitrogens with two attached hydrogens (primary N) is 1. The average Bonchev–Trinajstić information content (AvgIpc) is 3.39. The Labute approximate surface area is 273 Å². The zero-order valence-corrected chi connectivity index (χ0v) is 27.7. The molecule has 4 aliphatic rings. The average molecular weight is 655 g/mol. The maximum absolute atomic E-state index is 14.3. The molecule has 2 amide bonds. The second-order valence-electron chi connectivity index (χ2n) is 13.8. The van der Waals surface area contributed by atoms with Crippen LogP contribution in [0.25, 0.3) is 0 Å². The van der Waals surface area contributed by atoms with Crippen LogP contribution in [0.3, 0.4) is 0 Å². The van der Waals surface area contributed by atoms with Crippen molar-refractivity contribution in [1.29, 1.82) is 0 Å². The highest BCUT2D eigenvalue weighted by molar-refractivity contribution is 7.89. The first-order valence-electron chi connectivity index (χ1n) is 16.8. The van der Waals surface area contributed by atoms with Crippen LogP contribution in [0.5, 0.6) is 0 Å². The summed E-state index contributed by atoms with van der Waals surface area (Å²) in [5.41, 5.74) is 9.61. The number of amides is 2. The van der Waals surface area contributed by atoms with E-state index in [4.69, 9.17) is 17.3 Å². The van der Waals surface area contributed by atoms with Gasteiger partial charge in [0.25, 0.3) is 0 Å². The van der Waals surface area contributed by atoms with E-state index in [2.05, 4.69) is 11.4 Å². The van der Waals surface area contributed by atoms with E-state index in [1.165, 1.54) is 24.8 Å². The Morgan fingerprint density at radius 1 is 0.956 bits per heavy atom. The number of nitrogens with one attached hydrogen (secondary N) is 1. The maximum atomic E-state index is 14.3. The fourth-order valence-electron chi connectivity index (χ4n) is 8.45. The van der Waals surface area contributed by atoms with E-state index >= 15 is 0 Å². The van der Waals surface area contributed by atoms with Gasteiger partial charge in [0.1, 0.15) is 6.04 Å². The minimum atomic E-state index is -3.21. The summed E-state index contributed by atoms with van der Waals surface area (Å²) in [6, 6.07) is 14.3. The van der Waals surface area contributed by atoms with Crippen LogP contribution in [0.15, 0.2) is 48.5 Å². The molecule has 2 heterocycles. The molecule has 2 aliphatic heterocycles. The largest absolute Gasteiger partial charge is 0.344 e. The van der Waals surface area contributed by atoms with Gasteiger partial charge in [0.2, 0.25) is 21.8 Å². The number of aryl methyl sites for hydroxylation is 1. The molecule has 45 heavy (non-hydrogen) atoms. The van der Waals surface area contributed by atoms with Gasteiger partial charge in [-0.3, -0.25) is 9.59 Å². The summed E-state index contributed by atoms with van der Waals surface area (Å²) < 4.78 is 27.4. The minimum Gasteiger partial charge on any atom is -0.344 e. The van der Waals surface area contributed by atoms with Crippen molar-refractivity contribution in [1.82, 2.24) is 14.5 Å². The maximum Gasteiger partial charge on any atom is 0.245 e. The minimum absolute atomic E-state index is 0.0888.